The maximum Gasteiger partial charge on any atom is 0.133 e. The number of ether oxygens (including phenoxy) is 1. The zero-order valence-corrected chi connectivity index (χ0v) is 9.86. The third-order valence-corrected chi connectivity index (χ3v) is 2.22. The molecule has 0 aliphatic carbocycles. The predicted molar refractivity (Wildman–Crippen MR) is 58.3 cm³/mol. The standard InChI is InChI=1S/C10H24N2O2/c1-5-12(6-2)10(9-13)14-8-7-11(3)4/h10,13H,5-9H2,1-4H3. The summed E-state index contributed by atoms with van der Waals surface area (Å²) in [4.78, 5) is 4.17. The number of aliphatic hydroxyl groups excluding tert-OH is 1. The summed E-state index contributed by atoms with van der Waals surface area (Å²) >= 11 is 0. The van der Waals surface area contributed by atoms with Gasteiger partial charge in [0.2, 0.25) is 0 Å². The molecule has 1 atom stereocenters. The molecule has 0 aromatic heterocycles. The largest absolute Gasteiger partial charge is 0.392 e. The molecule has 4 heteroatoms. The smallest absolute Gasteiger partial charge is 0.133 e. The van der Waals surface area contributed by atoms with Crippen LogP contribution in [-0.4, -0.2) is 68.1 Å². The van der Waals surface area contributed by atoms with Crippen LogP contribution in [0.5, 0.6) is 0 Å². The summed E-state index contributed by atoms with van der Waals surface area (Å²) in [6.45, 7) is 7.57. The van der Waals surface area contributed by atoms with Crippen LogP contribution in [-0.2, 0) is 4.74 Å². The Morgan fingerprint density at radius 2 is 1.79 bits per heavy atom. The molecule has 0 fully saturated rings. The van der Waals surface area contributed by atoms with E-state index in [1.807, 2.05) is 14.1 Å². The van der Waals surface area contributed by atoms with Crippen LogP contribution in [0.2, 0.25) is 0 Å². The van der Waals surface area contributed by atoms with Crippen LogP contribution in [0, 0.1) is 0 Å². The van der Waals surface area contributed by atoms with Gasteiger partial charge in [-0.25, -0.2) is 0 Å². The van der Waals surface area contributed by atoms with Crippen molar-refractivity contribution in [1.82, 2.24) is 9.80 Å². The topological polar surface area (TPSA) is 35.9 Å². The minimum Gasteiger partial charge on any atom is -0.392 e. The number of aliphatic hydroxyl groups is 1. The molecule has 0 spiro atoms. The van der Waals surface area contributed by atoms with Gasteiger partial charge in [0.05, 0.1) is 13.2 Å². The van der Waals surface area contributed by atoms with Gasteiger partial charge in [0, 0.05) is 6.54 Å². The maximum absolute atomic E-state index is 9.14. The third-order valence-electron chi connectivity index (χ3n) is 2.22. The highest BCUT2D eigenvalue weighted by molar-refractivity contribution is 4.58. The second kappa shape index (κ2) is 8.17. The molecule has 0 saturated heterocycles. The summed E-state index contributed by atoms with van der Waals surface area (Å²) in [5, 5.41) is 9.14. The molecule has 14 heavy (non-hydrogen) atoms. The molecule has 0 amide bonds. The zero-order chi connectivity index (χ0) is 11.0. The quantitative estimate of drug-likeness (QED) is 0.574. The first-order chi connectivity index (χ1) is 6.65. The first kappa shape index (κ1) is 13.8. The van der Waals surface area contributed by atoms with E-state index in [2.05, 4.69) is 23.6 Å². The molecule has 1 unspecified atom stereocenters. The molecular weight excluding hydrogens is 180 g/mol. The van der Waals surface area contributed by atoms with Gasteiger partial charge in [-0.2, -0.15) is 0 Å². The van der Waals surface area contributed by atoms with Gasteiger partial charge in [-0.1, -0.05) is 13.8 Å². The maximum atomic E-state index is 9.14. The fourth-order valence-electron chi connectivity index (χ4n) is 1.28. The van der Waals surface area contributed by atoms with E-state index in [0.717, 1.165) is 19.6 Å². The molecule has 4 nitrogen and oxygen atoms in total. The molecule has 0 radical (unpaired) electrons. The Bertz CT molecular complexity index is 127. The van der Waals surface area contributed by atoms with Crippen molar-refractivity contribution in [3.8, 4) is 0 Å². The van der Waals surface area contributed by atoms with Crippen molar-refractivity contribution in [1.29, 1.82) is 0 Å². The van der Waals surface area contributed by atoms with E-state index in [9.17, 15) is 0 Å². The van der Waals surface area contributed by atoms with Gasteiger partial charge in [-0.3, -0.25) is 4.90 Å². The Balaban J connectivity index is 3.77. The van der Waals surface area contributed by atoms with Gasteiger partial charge < -0.3 is 14.7 Å². The summed E-state index contributed by atoms with van der Waals surface area (Å²) in [5.41, 5.74) is 0. The molecule has 1 N–H and O–H groups in total. The summed E-state index contributed by atoms with van der Waals surface area (Å²) in [6.07, 6.45) is -0.148. The summed E-state index contributed by atoms with van der Waals surface area (Å²) in [6, 6.07) is 0. The monoisotopic (exact) mass is 204 g/mol. The highest BCUT2D eigenvalue weighted by Gasteiger charge is 2.14. The Morgan fingerprint density at radius 3 is 2.14 bits per heavy atom. The van der Waals surface area contributed by atoms with Crippen LogP contribution in [0.4, 0.5) is 0 Å². The first-order valence-corrected chi connectivity index (χ1v) is 5.26. The van der Waals surface area contributed by atoms with Crippen molar-refractivity contribution in [3.05, 3.63) is 0 Å². The van der Waals surface area contributed by atoms with Crippen molar-refractivity contribution in [3.63, 3.8) is 0 Å². The normalized spacial score (nSPS) is 13.9. The average Bonchev–Trinajstić information content (AvgIpc) is 2.16. The van der Waals surface area contributed by atoms with Crippen molar-refractivity contribution >= 4 is 0 Å². The molecule has 0 aromatic rings. The summed E-state index contributed by atoms with van der Waals surface area (Å²) in [5.74, 6) is 0. The number of nitrogens with zero attached hydrogens (tertiary/aromatic N) is 2. The lowest BCUT2D eigenvalue weighted by atomic mass is 10.4. The van der Waals surface area contributed by atoms with Crippen LogP contribution in [0.25, 0.3) is 0 Å². The van der Waals surface area contributed by atoms with Gasteiger partial charge in [0.1, 0.15) is 6.23 Å². The van der Waals surface area contributed by atoms with Gasteiger partial charge >= 0.3 is 0 Å². The number of likely N-dealkylation sites (N-methyl/N-ethyl adjacent to an activating group) is 2. The number of hydrogen-bond acceptors (Lipinski definition) is 4. The summed E-state index contributed by atoms with van der Waals surface area (Å²) < 4.78 is 5.58. The lowest BCUT2D eigenvalue weighted by Crippen LogP contribution is -2.40. The van der Waals surface area contributed by atoms with Crippen LogP contribution >= 0.6 is 0 Å². The fraction of sp³-hybridized carbons (Fsp3) is 1.00. The Morgan fingerprint density at radius 1 is 1.21 bits per heavy atom. The highest BCUT2D eigenvalue weighted by atomic mass is 16.5. The zero-order valence-electron chi connectivity index (χ0n) is 9.86. The van der Waals surface area contributed by atoms with Gasteiger partial charge in [-0.05, 0) is 27.2 Å². The van der Waals surface area contributed by atoms with E-state index >= 15 is 0 Å². The highest BCUT2D eigenvalue weighted by Crippen LogP contribution is 2.00. The van der Waals surface area contributed by atoms with Crippen LogP contribution in [0.3, 0.4) is 0 Å². The number of hydrogen-bond donors (Lipinski definition) is 1. The first-order valence-electron chi connectivity index (χ1n) is 5.26. The van der Waals surface area contributed by atoms with Gasteiger partial charge in [0.15, 0.2) is 0 Å². The predicted octanol–water partition coefficient (Wildman–Crippen LogP) is 0.225. The second-order valence-electron chi connectivity index (χ2n) is 3.53. The van der Waals surface area contributed by atoms with Crippen molar-refractivity contribution in [2.75, 3.05) is 46.9 Å². The van der Waals surface area contributed by atoms with Crippen molar-refractivity contribution in [2.24, 2.45) is 0 Å². The van der Waals surface area contributed by atoms with E-state index in [1.165, 1.54) is 0 Å². The molecule has 0 saturated carbocycles. The SMILES string of the molecule is CCN(CC)C(CO)OCCN(C)C. The molecule has 0 heterocycles. The van der Waals surface area contributed by atoms with Crippen LogP contribution in [0.15, 0.2) is 0 Å². The number of rotatable bonds is 8. The second-order valence-corrected chi connectivity index (χ2v) is 3.53. The molecule has 0 aliphatic heterocycles. The Kier molecular flexibility index (Phi) is 8.08. The lowest BCUT2D eigenvalue weighted by Gasteiger charge is -2.28. The van der Waals surface area contributed by atoms with E-state index < -0.39 is 0 Å². The molecule has 0 bridgehead atoms. The van der Waals surface area contributed by atoms with Gasteiger partial charge in [-0.15, -0.1) is 0 Å². The Hall–Kier alpha value is -0.160. The average molecular weight is 204 g/mol. The fourth-order valence-corrected chi connectivity index (χ4v) is 1.28. The minimum absolute atomic E-state index is 0.0646. The minimum atomic E-state index is -0.148. The Labute approximate surface area is 87.5 Å². The molecule has 86 valence electrons. The van der Waals surface area contributed by atoms with Gasteiger partial charge in [0.25, 0.3) is 0 Å². The van der Waals surface area contributed by atoms with Crippen LogP contribution < -0.4 is 0 Å². The van der Waals surface area contributed by atoms with E-state index in [4.69, 9.17) is 9.84 Å². The van der Waals surface area contributed by atoms with Crippen molar-refractivity contribution in [2.45, 2.75) is 20.1 Å². The third kappa shape index (κ3) is 5.54. The van der Waals surface area contributed by atoms with Crippen LogP contribution in [0.1, 0.15) is 13.8 Å². The van der Waals surface area contributed by atoms with E-state index in [0.29, 0.717) is 6.61 Å². The lowest BCUT2D eigenvalue weighted by molar-refractivity contribution is -0.0855. The summed E-state index contributed by atoms with van der Waals surface area (Å²) in [7, 11) is 4.02. The molecule has 0 aliphatic rings. The molecule has 0 aromatic carbocycles. The van der Waals surface area contributed by atoms with E-state index in [-0.39, 0.29) is 12.8 Å². The molecule has 0 rings (SSSR count). The van der Waals surface area contributed by atoms with E-state index in [1.54, 1.807) is 0 Å². The van der Waals surface area contributed by atoms with Crippen molar-refractivity contribution < 1.29 is 9.84 Å². The molecular formula is C10H24N2O2.